The van der Waals surface area contributed by atoms with Crippen LogP contribution in [0.5, 0.6) is 0 Å². The van der Waals surface area contributed by atoms with Gasteiger partial charge in [0.25, 0.3) is 5.56 Å². The molecule has 0 unspecified atom stereocenters. The van der Waals surface area contributed by atoms with Gasteiger partial charge < -0.3 is 0 Å². The van der Waals surface area contributed by atoms with Crippen LogP contribution in [0.15, 0.2) is 69.7 Å². The molecule has 6 nitrogen and oxygen atoms in total. The predicted molar refractivity (Wildman–Crippen MR) is 108 cm³/mol. The van der Waals surface area contributed by atoms with E-state index in [-0.39, 0.29) is 16.3 Å². The van der Waals surface area contributed by atoms with E-state index in [0.29, 0.717) is 26.9 Å². The minimum atomic E-state index is -0.222. The van der Waals surface area contributed by atoms with Crippen LogP contribution < -0.4 is 5.56 Å². The van der Waals surface area contributed by atoms with Gasteiger partial charge in [0.15, 0.2) is 10.9 Å². The highest BCUT2D eigenvalue weighted by atomic mass is 35.5. The first-order valence-corrected chi connectivity index (χ1v) is 9.45. The molecule has 3 aromatic heterocycles. The number of hydrogen-bond acceptors (Lipinski definition) is 6. The van der Waals surface area contributed by atoms with E-state index in [0.717, 1.165) is 5.56 Å². The van der Waals surface area contributed by atoms with Gasteiger partial charge in [-0.25, -0.2) is 19.5 Å². The first-order valence-electron chi connectivity index (χ1n) is 8.26. The van der Waals surface area contributed by atoms with Gasteiger partial charge in [-0.05, 0) is 60.6 Å². The van der Waals surface area contributed by atoms with Crippen LogP contribution in [0.2, 0.25) is 5.02 Å². The van der Waals surface area contributed by atoms with Crippen molar-refractivity contribution in [3.05, 3.63) is 81.4 Å². The molecule has 28 heavy (non-hydrogen) atoms. The number of rotatable bonds is 3. The lowest BCUT2D eigenvalue weighted by molar-refractivity contribution is 0.793. The summed E-state index contributed by atoms with van der Waals surface area (Å²) in [5.74, 6) is 0.472. The standard InChI is InChI=1S/C20H12ClN5OS/c1-12-8-9-23-17(10-12)26-19(27)13-4-2-3-5-15(13)25-20(26)28-18-7-6-14(21)16(11-22)24-18/h2-10H,1H3. The molecule has 0 aliphatic carbocycles. The van der Waals surface area contributed by atoms with Crippen LogP contribution >= 0.6 is 23.4 Å². The van der Waals surface area contributed by atoms with E-state index in [2.05, 4.69) is 15.0 Å². The number of aryl methyl sites for hydroxylation is 1. The van der Waals surface area contributed by atoms with Crippen LogP contribution in [0.3, 0.4) is 0 Å². The van der Waals surface area contributed by atoms with Crippen molar-refractivity contribution < 1.29 is 0 Å². The lowest BCUT2D eigenvalue weighted by atomic mass is 10.2. The van der Waals surface area contributed by atoms with E-state index >= 15 is 0 Å². The van der Waals surface area contributed by atoms with Crippen molar-refractivity contribution in [1.82, 2.24) is 19.5 Å². The van der Waals surface area contributed by atoms with E-state index < -0.39 is 0 Å². The van der Waals surface area contributed by atoms with Gasteiger partial charge in [0.2, 0.25) is 0 Å². The largest absolute Gasteiger partial charge is 0.268 e. The molecule has 4 rings (SSSR count). The molecular weight excluding hydrogens is 394 g/mol. The zero-order chi connectivity index (χ0) is 19.7. The quantitative estimate of drug-likeness (QED) is 0.476. The molecule has 136 valence electrons. The van der Waals surface area contributed by atoms with Crippen molar-refractivity contribution >= 4 is 34.3 Å². The third kappa shape index (κ3) is 3.36. The van der Waals surface area contributed by atoms with Crippen molar-refractivity contribution in [3.63, 3.8) is 0 Å². The van der Waals surface area contributed by atoms with Crippen LogP contribution in [-0.2, 0) is 0 Å². The number of hydrogen-bond donors (Lipinski definition) is 0. The lowest BCUT2D eigenvalue weighted by Gasteiger charge is -2.12. The zero-order valence-electron chi connectivity index (χ0n) is 14.6. The molecule has 0 atom stereocenters. The van der Waals surface area contributed by atoms with Crippen molar-refractivity contribution in [2.45, 2.75) is 17.1 Å². The second kappa shape index (κ2) is 7.43. The van der Waals surface area contributed by atoms with E-state index in [4.69, 9.17) is 11.6 Å². The Labute approximate surface area is 169 Å². The van der Waals surface area contributed by atoms with Crippen molar-refractivity contribution in [3.8, 4) is 11.9 Å². The van der Waals surface area contributed by atoms with Crippen LogP contribution in [0.25, 0.3) is 16.7 Å². The van der Waals surface area contributed by atoms with Crippen molar-refractivity contribution in [2.24, 2.45) is 0 Å². The maximum atomic E-state index is 13.2. The SMILES string of the molecule is Cc1ccnc(-n2c(Sc3ccc(Cl)c(C#N)n3)nc3ccccc3c2=O)c1. The molecule has 4 aromatic rings. The molecule has 3 heterocycles. The molecule has 0 aliphatic rings. The molecule has 0 aliphatic heterocycles. The molecule has 0 radical (unpaired) electrons. The van der Waals surface area contributed by atoms with E-state index in [1.807, 2.05) is 31.2 Å². The third-order valence-electron chi connectivity index (χ3n) is 4.00. The Balaban J connectivity index is 1.95. The Bertz CT molecular complexity index is 1310. The van der Waals surface area contributed by atoms with Crippen molar-refractivity contribution in [2.75, 3.05) is 0 Å². The lowest BCUT2D eigenvalue weighted by Crippen LogP contribution is -2.22. The minimum absolute atomic E-state index is 0.120. The second-order valence-corrected chi connectivity index (χ2v) is 7.33. The Morgan fingerprint density at radius 2 is 1.96 bits per heavy atom. The van der Waals surface area contributed by atoms with Crippen molar-refractivity contribution in [1.29, 1.82) is 5.26 Å². The molecule has 0 amide bonds. The Morgan fingerprint density at radius 3 is 2.75 bits per heavy atom. The minimum Gasteiger partial charge on any atom is -0.268 e. The van der Waals surface area contributed by atoms with Gasteiger partial charge in [0.1, 0.15) is 16.9 Å². The third-order valence-corrected chi connectivity index (χ3v) is 5.20. The van der Waals surface area contributed by atoms with Crippen LogP contribution in [-0.4, -0.2) is 19.5 Å². The van der Waals surface area contributed by atoms with Gasteiger partial charge in [-0.1, -0.05) is 23.7 Å². The van der Waals surface area contributed by atoms with Gasteiger partial charge in [0, 0.05) is 6.20 Å². The number of benzene rings is 1. The van der Waals surface area contributed by atoms with Gasteiger partial charge in [-0.3, -0.25) is 4.79 Å². The number of nitrogens with zero attached hydrogens (tertiary/aromatic N) is 5. The fourth-order valence-corrected chi connectivity index (χ4v) is 3.70. The van der Waals surface area contributed by atoms with Crippen LogP contribution in [0.4, 0.5) is 0 Å². The Hall–Kier alpha value is -3.21. The molecule has 1 aromatic carbocycles. The first-order chi connectivity index (χ1) is 13.6. The summed E-state index contributed by atoms with van der Waals surface area (Å²) in [4.78, 5) is 26.4. The summed E-state index contributed by atoms with van der Waals surface area (Å²) in [6.07, 6.45) is 1.65. The highest BCUT2D eigenvalue weighted by Gasteiger charge is 2.16. The normalized spacial score (nSPS) is 10.8. The second-order valence-electron chi connectivity index (χ2n) is 5.94. The molecule has 0 saturated carbocycles. The fourth-order valence-electron chi connectivity index (χ4n) is 2.68. The average molecular weight is 406 g/mol. The smallest absolute Gasteiger partial charge is 0.267 e. The summed E-state index contributed by atoms with van der Waals surface area (Å²) < 4.78 is 1.46. The van der Waals surface area contributed by atoms with E-state index in [1.165, 1.54) is 16.3 Å². The van der Waals surface area contributed by atoms with E-state index in [1.54, 1.807) is 36.5 Å². The summed E-state index contributed by atoms with van der Waals surface area (Å²) in [5.41, 5.74) is 1.45. The van der Waals surface area contributed by atoms with E-state index in [9.17, 15) is 10.1 Å². The molecular formula is C20H12ClN5OS. The molecule has 0 saturated heterocycles. The highest BCUT2D eigenvalue weighted by Crippen LogP contribution is 2.28. The maximum Gasteiger partial charge on any atom is 0.267 e. The number of halogens is 1. The molecule has 8 heteroatoms. The predicted octanol–water partition coefficient (Wildman–Crippen LogP) is 4.16. The Morgan fingerprint density at radius 1 is 1.14 bits per heavy atom. The monoisotopic (exact) mass is 405 g/mol. The van der Waals surface area contributed by atoms with Gasteiger partial charge in [0.05, 0.1) is 15.9 Å². The fraction of sp³-hybridized carbons (Fsp3) is 0.0500. The number of pyridine rings is 2. The highest BCUT2D eigenvalue weighted by molar-refractivity contribution is 7.99. The van der Waals surface area contributed by atoms with Gasteiger partial charge in [-0.15, -0.1) is 0 Å². The maximum absolute atomic E-state index is 13.2. The summed E-state index contributed by atoms with van der Waals surface area (Å²) in [6, 6.07) is 16.1. The summed E-state index contributed by atoms with van der Waals surface area (Å²) in [7, 11) is 0. The molecule has 0 spiro atoms. The molecule has 0 fully saturated rings. The first kappa shape index (κ1) is 18.2. The van der Waals surface area contributed by atoms with Crippen LogP contribution in [0.1, 0.15) is 11.3 Å². The van der Waals surface area contributed by atoms with Gasteiger partial charge >= 0.3 is 0 Å². The number of fused-ring (bicyclic) bond motifs is 1. The summed E-state index contributed by atoms with van der Waals surface area (Å²) >= 11 is 7.15. The average Bonchev–Trinajstić information content (AvgIpc) is 2.69. The molecule has 0 bridgehead atoms. The topological polar surface area (TPSA) is 84.5 Å². The molecule has 0 N–H and O–H groups in total. The van der Waals surface area contributed by atoms with Crippen LogP contribution in [0, 0.1) is 18.3 Å². The number of para-hydroxylation sites is 1. The Kier molecular flexibility index (Phi) is 4.82. The summed E-state index contributed by atoms with van der Waals surface area (Å²) in [5, 5.41) is 10.8. The van der Waals surface area contributed by atoms with Gasteiger partial charge in [-0.2, -0.15) is 5.26 Å². The zero-order valence-corrected chi connectivity index (χ0v) is 16.2. The summed E-state index contributed by atoms with van der Waals surface area (Å²) in [6.45, 7) is 1.93. The number of aromatic nitrogens is 4. The number of nitriles is 1.